The second-order valence-corrected chi connectivity index (χ2v) is 7.22. The van der Waals surface area contributed by atoms with Gasteiger partial charge in [0.05, 0.1) is 31.2 Å². The first-order valence-electron chi connectivity index (χ1n) is 8.45. The molecule has 0 unspecified atom stereocenters. The molecule has 6 nitrogen and oxygen atoms in total. The van der Waals surface area contributed by atoms with E-state index >= 15 is 0 Å². The number of hydrogen-bond donors (Lipinski definition) is 0. The van der Waals surface area contributed by atoms with E-state index in [2.05, 4.69) is 16.5 Å². The first kappa shape index (κ1) is 18.1. The number of hydrogen-bond acceptors (Lipinski definition) is 6. The summed E-state index contributed by atoms with van der Waals surface area (Å²) in [6.07, 6.45) is 2.49. The zero-order chi connectivity index (χ0) is 18.0. The van der Waals surface area contributed by atoms with Crippen LogP contribution in [0.4, 0.5) is 0 Å². The largest absolute Gasteiger partial charge is 0.465 e. The van der Waals surface area contributed by atoms with E-state index < -0.39 is 0 Å². The molecule has 0 bridgehead atoms. The Morgan fingerprint density at radius 3 is 2.92 bits per heavy atom. The van der Waals surface area contributed by atoms with Crippen LogP contribution in [0.5, 0.6) is 0 Å². The summed E-state index contributed by atoms with van der Waals surface area (Å²) in [5.74, 6) is 1.56. The molecular weight excluding hydrogens is 340 g/mol. The zero-order valence-corrected chi connectivity index (χ0v) is 15.9. The molecule has 0 saturated carbocycles. The van der Waals surface area contributed by atoms with Crippen LogP contribution in [0, 0.1) is 20.8 Å². The Kier molecular flexibility index (Phi) is 5.54. The maximum Gasteiger partial charge on any atom is 0.341 e. The third-order valence-electron chi connectivity index (χ3n) is 4.55. The van der Waals surface area contributed by atoms with Crippen LogP contribution >= 0.6 is 11.8 Å². The third-order valence-corrected chi connectivity index (χ3v) is 5.55. The van der Waals surface area contributed by atoms with Crippen LogP contribution in [-0.4, -0.2) is 35.3 Å². The number of ether oxygens (including phenoxy) is 2. The molecule has 0 radical (unpaired) electrons. The second kappa shape index (κ2) is 7.66. The smallest absolute Gasteiger partial charge is 0.341 e. The lowest BCUT2D eigenvalue weighted by Gasteiger charge is -2.14. The average molecular weight is 364 g/mol. The van der Waals surface area contributed by atoms with E-state index in [9.17, 15) is 4.79 Å². The first-order valence-corrected chi connectivity index (χ1v) is 9.44. The number of carbonyl (C=O) groups is 1. The quantitative estimate of drug-likeness (QED) is 0.576. The predicted octanol–water partition coefficient (Wildman–Crippen LogP) is 3.66. The van der Waals surface area contributed by atoms with Crippen molar-refractivity contribution in [3.8, 4) is 0 Å². The van der Waals surface area contributed by atoms with Crippen molar-refractivity contribution in [2.45, 2.75) is 57.2 Å². The van der Waals surface area contributed by atoms with Gasteiger partial charge in [-0.25, -0.2) is 9.78 Å². The molecule has 1 saturated heterocycles. The molecule has 1 aliphatic rings. The van der Waals surface area contributed by atoms with Gasteiger partial charge in [-0.1, -0.05) is 11.8 Å². The minimum absolute atomic E-state index is 0.267. The molecule has 3 rings (SSSR count). The van der Waals surface area contributed by atoms with Gasteiger partial charge >= 0.3 is 5.97 Å². The van der Waals surface area contributed by atoms with Crippen LogP contribution in [0.1, 0.15) is 46.1 Å². The highest BCUT2D eigenvalue weighted by molar-refractivity contribution is 7.98. The zero-order valence-electron chi connectivity index (χ0n) is 15.1. The number of furan rings is 1. The van der Waals surface area contributed by atoms with Crippen LogP contribution in [0.3, 0.4) is 0 Å². The molecule has 25 heavy (non-hydrogen) atoms. The van der Waals surface area contributed by atoms with Gasteiger partial charge in [-0.05, 0) is 39.7 Å². The van der Waals surface area contributed by atoms with Gasteiger partial charge in [0.2, 0.25) is 0 Å². The van der Waals surface area contributed by atoms with Crippen LogP contribution in [-0.2, 0) is 21.8 Å². The average Bonchev–Trinajstić information content (AvgIpc) is 3.29. The summed E-state index contributed by atoms with van der Waals surface area (Å²) in [5.41, 5.74) is 2.68. The van der Waals surface area contributed by atoms with Crippen molar-refractivity contribution in [2.24, 2.45) is 0 Å². The van der Waals surface area contributed by atoms with E-state index in [1.807, 2.05) is 6.92 Å². The maximum atomic E-state index is 11.7. The van der Waals surface area contributed by atoms with Crippen molar-refractivity contribution in [1.82, 2.24) is 9.55 Å². The maximum absolute atomic E-state index is 11.7. The molecule has 0 amide bonds. The van der Waals surface area contributed by atoms with E-state index in [1.54, 1.807) is 24.8 Å². The lowest BCUT2D eigenvalue weighted by atomic mass is 10.2. The van der Waals surface area contributed by atoms with E-state index in [4.69, 9.17) is 13.9 Å². The van der Waals surface area contributed by atoms with Crippen LogP contribution in [0.25, 0.3) is 0 Å². The number of imidazole rings is 1. The van der Waals surface area contributed by atoms with Gasteiger partial charge in [0, 0.05) is 12.3 Å². The van der Waals surface area contributed by atoms with Gasteiger partial charge in [0.1, 0.15) is 17.1 Å². The van der Waals surface area contributed by atoms with E-state index in [1.165, 1.54) is 12.8 Å². The van der Waals surface area contributed by atoms with E-state index in [-0.39, 0.29) is 12.1 Å². The summed E-state index contributed by atoms with van der Waals surface area (Å²) >= 11 is 1.61. The van der Waals surface area contributed by atoms with E-state index in [0.29, 0.717) is 17.1 Å². The van der Waals surface area contributed by atoms with Crippen LogP contribution in [0.15, 0.2) is 15.6 Å². The molecule has 0 spiro atoms. The van der Waals surface area contributed by atoms with Gasteiger partial charge < -0.3 is 18.5 Å². The van der Waals surface area contributed by atoms with Crippen molar-refractivity contribution in [3.05, 3.63) is 34.5 Å². The predicted molar refractivity (Wildman–Crippen MR) is 95.0 cm³/mol. The van der Waals surface area contributed by atoms with Crippen molar-refractivity contribution >= 4 is 17.7 Å². The van der Waals surface area contributed by atoms with Crippen molar-refractivity contribution in [1.29, 1.82) is 0 Å². The SMILES string of the molecule is COC(=O)c1cc(CSc2nc(C)c(C)n2C[C@H]2CCCO2)oc1C. The van der Waals surface area contributed by atoms with Gasteiger partial charge in [-0.3, -0.25) is 0 Å². The summed E-state index contributed by atoms with van der Waals surface area (Å²) in [5, 5.41) is 0.958. The summed E-state index contributed by atoms with van der Waals surface area (Å²) in [7, 11) is 1.37. The summed E-state index contributed by atoms with van der Waals surface area (Å²) in [6, 6.07) is 1.75. The Morgan fingerprint density at radius 2 is 2.24 bits per heavy atom. The lowest BCUT2D eigenvalue weighted by Crippen LogP contribution is -2.16. The van der Waals surface area contributed by atoms with Crippen molar-refractivity contribution in [2.75, 3.05) is 13.7 Å². The fourth-order valence-electron chi connectivity index (χ4n) is 3.00. The molecule has 7 heteroatoms. The minimum Gasteiger partial charge on any atom is -0.465 e. The number of aromatic nitrogens is 2. The van der Waals surface area contributed by atoms with Gasteiger partial charge in [0.15, 0.2) is 5.16 Å². The molecule has 0 N–H and O–H groups in total. The molecular formula is C18H24N2O4S. The van der Waals surface area contributed by atoms with Crippen LogP contribution < -0.4 is 0 Å². The molecule has 2 aromatic heterocycles. The first-order chi connectivity index (χ1) is 12.0. The summed E-state index contributed by atoms with van der Waals surface area (Å²) in [4.78, 5) is 16.4. The highest BCUT2D eigenvalue weighted by Crippen LogP contribution is 2.28. The normalized spacial score (nSPS) is 17.2. The van der Waals surface area contributed by atoms with Crippen molar-refractivity contribution < 1.29 is 18.7 Å². The number of carbonyl (C=O) groups excluding carboxylic acids is 1. The van der Waals surface area contributed by atoms with Gasteiger partial charge in [0.25, 0.3) is 0 Å². The number of nitrogens with zero attached hydrogens (tertiary/aromatic N) is 2. The standard InChI is InChI=1S/C18H24N2O4S/c1-11-12(2)20(9-14-6-5-7-23-14)18(19-11)25-10-15-8-16(13(3)24-15)17(21)22-4/h8,14H,5-7,9-10H2,1-4H3/t14-/m1/s1. The number of aryl methyl sites for hydroxylation is 2. The highest BCUT2D eigenvalue weighted by atomic mass is 32.2. The lowest BCUT2D eigenvalue weighted by molar-refractivity contribution is 0.0598. The van der Waals surface area contributed by atoms with E-state index in [0.717, 1.165) is 42.6 Å². The van der Waals surface area contributed by atoms with Crippen LogP contribution in [0.2, 0.25) is 0 Å². The Hall–Kier alpha value is -1.73. The summed E-state index contributed by atoms with van der Waals surface area (Å²) < 4.78 is 18.5. The Bertz CT molecular complexity index is 759. The van der Waals surface area contributed by atoms with Gasteiger partial charge in [-0.15, -0.1) is 0 Å². The minimum atomic E-state index is -0.371. The highest BCUT2D eigenvalue weighted by Gasteiger charge is 2.21. The molecule has 1 aliphatic heterocycles. The Morgan fingerprint density at radius 1 is 1.44 bits per heavy atom. The van der Waals surface area contributed by atoms with Crippen molar-refractivity contribution in [3.63, 3.8) is 0 Å². The molecule has 0 aromatic carbocycles. The molecule has 1 atom stereocenters. The molecule has 1 fully saturated rings. The Balaban J connectivity index is 1.72. The molecule has 136 valence electrons. The fourth-order valence-corrected chi connectivity index (χ4v) is 3.99. The monoisotopic (exact) mass is 364 g/mol. The van der Waals surface area contributed by atoms with Gasteiger partial charge in [-0.2, -0.15) is 0 Å². The summed E-state index contributed by atoms with van der Waals surface area (Å²) in [6.45, 7) is 7.57. The molecule has 2 aromatic rings. The fraction of sp³-hybridized carbons (Fsp3) is 0.556. The Labute approximate surface area is 151 Å². The number of esters is 1. The second-order valence-electron chi connectivity index (χ2n) is 6.27. The third kappa shape index (κ3) is 3.93. The number of thioether (sulfide) groups is 1. The molecule has 0 aliphatic carbocycles. The number of rotatable bonds is 6. The topological polar surface area (TPSA) is 66.5 Å². The number of methoxy groups -OCH3 is 1. The molecule has 3 heterocycles.